The first-order valence-electron chi connectivity index (χ1n) is 10.6. The SMILES string of the molecule is COc1cc(C(=O)N(C)c2ccc(Oc3ccccc3)cc2)ccc1OCC(=O)NC(C)C. The van der Waals surface area contributed by atoms with Crippen molar-refractivity contribution in [1.82, 2.24) is 5.32 Å². The number of hydrogen-bond acceptors (Lipinski definition) is 5. The molecule has 0 spiro atoms. The normalized spacial score (nSPS) is 10.5. The lowest BCUT2D eigenvalue weighted by Crippen LogP contribution is -2.34. The van der Waals surface area contributed by atoms with Gasteiger partial charge in [-0.2, -0.15) is 0 Å². The van der Waals surface area contributed by atoms with Gasteiger partial charge in [0.25, 0.3) is 11.8 Å². The van der Waals surface area contributed by atoms with Gasteiger partial charge in [-0.15, -0.1) is 0 Å². The average molecular weight is 449 g/mol. The van der Waals surface area contributed by atoms with Crippen LogP contribution in [0.1, 0.15) is 24.2 Å². The molecule has 0 fully saturated rings. The monoisotopic (exact) mass is 448 g/mol. The summed E-state index contributed by atoms with van der Waals surface area (Å²) in [5.41, 5.74) is 1.14. The highest BCUT2D eigenvalue weighted by Gasteiger charge is 2.17. The van der Waals surface area contributed by atoms with Gasteiger partial charge in [0.1, 0.15) is 11.5 Å². The van der Waals surface area contributed by atoms with Gasteiger partial charge in [0.2, 0.25) is 0 Å². The fraction of sp³-hybridized carbons (Fsp3) is 0.231. The lowest BCUT2D eigenvalue weighted by Gasteiger charge is -2.19. The molecule has 0 aliphatic heterocycles. The number of para-hydroxylation sites is 1. The van der Waals surface area contributed by atoms with Gasteiger partial charge in [0.05, 0.1) is 7.11 Å². The van der Waals surface area contributed by atoms with E-state index in [0.29, 0.717) is 28.5 Å². The lowest BCUT2D eigenvalue weighted by molar-refractivity contribution is -0.123. The molecule has 0 heterocycles. The number of hydrogen-bond donors (Lipinski definition) is 1. The number of amides is 2. The zero-order chi connectivity index (χ0) is 23.8. The summed E-state index contributed by atoms with van der Waals surface area (Å²) < 4.78 is 16.7. The van der Waals surface area contributed by atoms with Gasteiger partial charge in [-0.05, 0) is 68.4 Å². The Morgan fingerprint density at radius 2 is 1.58 bits per heavy atom. The predicted octanol–water partition coefficient (Wildman–Crippen LogP) is 4.67. The van der Waals surface area contributed by atoms with E-state index >= 15 is 0 Å². The number of benzene rings is 3. The van der Waals surface area contributed by atoms with Crippen molar-refractivity contribution in [3.05, 3.63) is 78.4 Å². The van der Waals surface area contributed by atoms with Crippen LogP contribution in [0.3, 0.4) is 0 Å². The summed E-state index contributed by atoms with van der Waals surface area (Å²) in [5, 5.41) is 2.76. The number of carbonyl (C=O) groups excluding carboxylic acids is 2. The Labute approximate surface area is 193 Å². The topological polar surface area (TPSA) is 77.1 Å². The maximum atomic E-state index is 13.0. The van der Waals surface area contributed by atoms with Crippen molar-refractivity contribution in [2.24, 2.45) is 0 Å². The third kappa shape index (κ3) is 6.49. The Kier molecular flexibility index (Phi) is 7.91. The highest BCUT2D eigenvalue weighted by Crippen LogP contribution is 2.30. The van der Waals surface area contributed by atoms with Gasteiger partial charge in [-0.3, -0.25) is 9.59 Å². The molecule has 0 saturated heterocycles. The van der Waals surface area contributed by atoms with E-state index in [-0.39, 0.29) is 24.5 Å². The first kappa shape index (κ1) is 23.7. The van der Waals surface area contributed by atoms with Crippen molar-refractivity contribution in [3.8, 4) is 23.0 Å². The van der Waals surface area contributed by atoms with Crippen LogP contribution < -0.4 is 24.4 Å². The second kappa shape index (κ2) is 11.0. The van der Waals surface area contributed by atoms with E-state index < -0.39 is 0 Å². The molecule has 0 aromatic heterocycles. The first-order valence-corrected chi connectivity index (χ1v) is 10.6. The molecule has 33 heavy (non-hydrogen) atoms. The molecule has 172 valence electrons. The van der Waals surface area contributed by atoms with E-state index in [1.807, 2.05) is 68.4 Å². The summed E-state index contributed by atoms with van der Waals surface area (Å²) >= 11 is 0. The zero-order valence-corrected chi connectivity index (χ0v) is 19.2. The molecular formula is C26H28N2O5. The molecule has 7 nitrogen and oxygen atoms in total. The van der Waals surface area contributed by atoms with Crippen LogP contribution in [0, 0.1) is 0 Å². The van der Waals surface area contributed by atoms with Crippen LogP contribution in [0.15, 0.2) is 72.8 Å². The van der Waals surface area contributed by atoms with Crippen molar-refractivity contribution in [2.75, 3.05) is 25.7 Å². The second-order valence-electron chi connectivity index (χ2n) is 7.65. The summed E-state index contributed by atoms with van der Waals surface area (Å²) in [7, 11) is 3.18. The smallest absolute Gasteiger partial charge is 0.258 e. The van der Waals surface area contributed by atoms with Crippen LogP contribution in [0.5, 0.6) is 23.0 Å². The predicted molar refractivity (Wildman–Crippen MR) is 127 cm³/mol. The summed E-state index contributed by atoms with van der Waals surface area (Å²) in [5.74, 6) is 1.73. The highest BCUT2D eigenvalue weighted by molar-refractivity contribution is 6.06. The Hall–Kier alpha value is -4.00. The number of methoxy groups -OCH3 is 1. The average Bonchev–Trinajstić information content (AvgIpc) is 2.82. The highest BCUT2D eigenvalue weighted by atomic mass is 16.5. The molecular weight excluding hydrogens is 420 g/mol. The molecule has 0 saturated carbocycles. The number of rotatable bonds is 9. The quantitative estimate of drug-likeness (QED) is 0.515. The maximum Gasteiger partial charge on any atom is 0.258 e. The largest absolute Gasteiger partial charge is 0.493 e. The fourth-order valence-corrected chi connectivity index (χ4v) is 3.10. The summed E-state index contributed by atoms with van der Waals surface area (Å²) in [6, 6.07) is 21.6. The number of anilines is 1. The van der Waals surface area contributed by atoms with E-state index in [0.717, 1.165) is 5.75 Å². The van der Waals surface area contributed by atoms with Gasteiger partial charge < -0.3 is 24.4 Å². The second-order valence-corrected chi connectivity index (χ2v) is 7.65. The number of ether oxygens (including phenoxy) is 3. The summed E-state index contributed by atoms with van der Waals surface area (Å²) in [4.78, 5) is 26.4. The Morgan fingerprint density at radius 3 is 2.21 bits per heavy atom. The third-order valence-electron chi connectivity index (χ3n) is 4.73. The van der Waals surface area contributed by atoms with Crippen LogP contribution in [0.2, 0.25) is 0 Å². The van der Waals surface area contributed by atoms with E-state index in [1.54, 1.807) is 25.2 Å². The molecule has 3 aromatic rings. The zero-order valence-electron chi connectivity index (χ0n) is 19.2. The Bertz CT molecular complexity index is 1080. The minimum Gasteiger partial charge on any atom is -0.493 e. The Morgan fingerprint density at radius 1 is 0.909 bits per heavy atom. The molecule has 3 rings (SSSR count). The number of nitrogens with one attached hydrogen (secondary N) is 1. The van der Waals surface area contributed by atoms with Crippen LogP contribution >= 0.6 is 0 Å². The van der Waals surface area contributed by atoms with E-state index in [9.17, 15) is 9.59 Å². The molecule has 0 bridgehead atoms. The summed E-state index contributed by atoms with van der Waals surface area (Å²) in [6.45, 7) is 3.61. The molecule has 0 atom stereocenters. The molecule has 3 aromatic carbocycles. The van der Waals surface area contributed by atoms with Crippen molar-refractivity contribution in [1.29, 1.82) is 0 Å². The first-order chi connectivity index (χ1) is 15.9. The van der Waals surface area contributed by atoms with E-state index in [4.69, 9.17) is 14.2 Å². The molecule has 1 N–H and O–H groups in total. The minimum atomic E-state index is -0.230. The van der Waals surface area contributed by atoms with Gasteiger partial charge in [0, 0.05) is 24.3 Å². The van der Waals surface area contributed by atoms with Crippen molar-refractivity contribution in [2.45, 2.75) is 19.9 Å². The number of nitrogens with zero attached hydrogens (tertiary/aromatic N) is 1. The number of carbonyl (C=O) groups is 2. The van der Waals surface area contributed by atoms with Gasteiger partial charge in [-0.25, -0.2) is 0 Å². The van der Waals surface area contributed by atoms with E-state index in [2.05, 4.69) is 5.32 Å². The van der Waals surface area contributed by atoms with Crippen LogP contribution in [0.4, 0.5) is 5.69 Å². The fourth-order valence-electron chi connectivity index (χ4n) is 3.10. The molecule has 2 amide bonds. The van der Waals surface area contributed by atoms with E-state index in [1.165, 1.54) is 12.0 Å². The van der Waals surface area contributed by atoms with Gasteiger partial charge in [-0.1, -0.05) is 18.2 Å². The van der Waals surface area contributed by atoms with Crippen molar-refractivity contribution < 1.29 is 23.8 Å². The standard InChI is InChI=1S/C26H28N2O5/c1-18(2)27-25(29)17-32-23-15-10-19(16-24(23)31-4)26(30)28(3)20-11-13-22(14-12-20)33-21-8-6-5-7-9-21/h5-16,18H,17H2,1-4H3,(H,27,29). The van der Waals surface area contributed by atoms with Crippen LogP contribution in [-0.4, -0.2) is 38.6 Å². The van der Waals surface area contributed by atoms with Crippen LogP contribution in [-0.2, 0) is 4.79 Å². The maximum absolute atomic E-state index is 13.0. The Balaban J connectivity index is 1.67. The molecule has 0 radical (unpaired) electrons. The third-order valence-corrected chi connectivity index (χ3v) is 4.73. The van der Waals surface area contributed by atoms with Crippen LogP contribution in [0.25, 0.3) is 0 Å². The van der Waals surface area contributed by atoms with Crippen molar-refractivity contribution >= 4 is 17.5 Å². The minimum absolute atomic E-state index is 0.0255. The van der Waals surface area contributed by atoms with Gasteiger partial charge in [0.15, 0.2) is 18.1 Å². The lowest BCUT2D eigenvalue weighted by atomic mass is 10.1. The molecule has 0 aliphatic carbocycles. The van der Waals surface area contributed by atoms with Crippen molar-refractivity contribution in [3.63, 3.8) is 0 Å². The molecule has 0 unspecified atom stereocenters. The summed E-state index contributed by atoms with van der Waals surface area (Å²) in [6.07, 6.45) is 0. The van der Waals surface area contributed by atoms with Gasteiger partial charge >= 0.3 is 0 Å². The molecule has 0 aliphatic rings. The molecule has 7 heteroatoms.